The first kappa shape index (κ1) is 25.1. The number of hydrogen-bond donors (Lipinski definition) is 3. The molecule has 2 amide bonds. The fourth-order valence-corrected chi connectivity index (χ4v) is 5.17. The summed E-state index contributed by atoms with van der Waals surface area (Å²) in [6.07, 6.45) is 2.91. The minimum Gasteiger partial charge on any atom is -0.441 e. The molecule has 1 aromatic heterocycles. The molecule has 3 N–H and O–H groups in total. The maximum absolute atomic E-state index is 14.6. The van der Waals surface area contributed by atoms with E-state index in [4.69, 9.17) is 21.3 Å². The number of aromatic nitrogens is 2. The van der Waals surface area contributed by atoms with Gasteiger partial charge in [0.15, 0.2) is 0 Å². The first-order valence-corrected chi connectivity index (χ1v) is 12.8. The molecule has 3 unspecified atom stereocenters. The summed E-state index contributed by atoms with van der Waals surface area (Å²) in [5.74, 6) is -0.200. The van der Waals surface area contributed by atoms with Gasteiger partial charge in [-0.15, -0.1) is 0 Å². The van der Waals surface area contributed by atoms with E-state index in [1.54, 1.807) is 23.2 Å². The Morgan fingerprint density at radius 1 is 1.19 bits per heavy atom. The number of anilines is 2. The van der Waals surface area contributed by atoms with Gasteiger partial charge in [0.25, 0.3) is 0 Å². The number of fused-ring (bicyclic) bond motifs is 4. The molecule has 0 saturated carbocycles. The van der Waals surface area contributed by atoms with Crippen LogP contribution >= 0.6 is 11.6 Å². The molecule has 2 aliphatic rings. The summed E-state index contributed by atoms with van der Waals surface area (Å²) in [5, 5.41) is 6.15. The Balaban J connectivity index is 1.45. The largest absolute Gasteiger partial charge is 0.441 e. The quantitative estimate of drug-likeness (QED) is 0.373. The Morgan fingerprint density at radius 3 is 2.81 bits per heavy atom. The van der Waals surface area contributed by atoms with E-state index in [1.165, 1.54) is 6.07 Å². The van der Waals surface area contributed by atoms with Gasteiger partial charge in [-0.1, -0.05) is 37.1 Å². The molecular weight excluding hydrogens is 497 g/mol. The van der Waals surface area contributed by atoms with Crippen LogP contribution in [0.15, 0.2) is 42.6 Å². The van der Waals surface area contributed by atoms with E-state index < -0.39 is 18.0 Å². The van der Waals surface area contributed by atoms with Gasteiger partial charge >= 0.3 is 6.09 Å². The van der Waals surface area contributed by atoms with E-state index >= 15 is 0 Å². The number of ether oxygens (including phenoxy) is 1. The smallest absolute Gasteiger partial charge is 0.411 e. The number of nitrogens with one attached hydrogen (secondary N) is 3. The van der Waals surface area contributed by atoms with Crippen molar-refractivity contribution in [2.24, 2.45) is 5.92 Å². The number of halogens is 2. The number of imidazole rings is 1. The summed E-state index contributed by atoms with van der Waals surface area (Å²) in [5.41, 5.74) is 3.25. The normalized spacial score (nSPS) is 22.3. The van der Waals surface area contributed by atoms with Crippen LogP contribution in [0.1, 0.15) is 56.1 Å². The lowest BCUT2D eigenvalue weighted by Crippen LogP contribution is -2.42. The summed E-state index contributed by atoms with van der Waals surface area (Å²) in [6.45, 7) is 2.27. The predicted octanol–water partition coefficient (Wildman–Crippen LogP) is 6.29. The van der Waals surface area contributed by atoms with Gasteiger partial charge in [-0.25, -0.2) is 14.2 Å². The minimum absolute atomic E-state index is 0.00122. The highest BCUT2D eigenvalue weighted by Gasteiger charge is 2.36. The number of nitrogens with zero attached hydrogens (tertiary/aromatic N) is 2. The fourth-order valence-electron chi connectivity index (χ4n) is 4.98. The second kappa shape index (κ2) is 10.4. The molecule has 0 spiro atoms. The zero-order valence-electron chi connectivity index (χ0n) is 20.7. The number of H-pyrrole nitrogens is 1. The molecule has 3 heterocycles. The van der Waals surface area contributed by atoms with Crippen molar-refractivity contribution < 1.29 is 18.7 Å². The number of rotatable bonds is 3. The molecule has 0 radical (unpaired) electrons. The van der Waals surface area contributed by atoms with Gasteiger partial charge in [-0.3, -0.25) is 9.69 Å². The van der Waals surface area contributed by atoms with Crippen LogP contribution < -0.4 is 10.6 Å². The van der Waals surface area contributed by atoms with Gasteiger partial charge in [-0.2, -0.15) is 0 Å². The van der Waals surface area contributed by atoms with Gasteiger partial charge in [0.1, 0.15) is 17.7 Å². The van der Waals surface area contributed by atoms with E-state index in [2.05, 4.69) is 15.6 Å². The monoisotopic (exact) mass is 525 g/mol. The highest BCUT2D eigenvalue weighted by atomic mass is 35.5. The third-order valence-electron chi connectivity index (χ3n) is 7.13. The second-order valence-corrected chi connectivity index (χ2v) is 9.92. The molecule has 1 saturated heterocycles. The Kier molecular flexibility index (Phi) is 7.06. The molecular formula is C27H29ClFN5O3. The van der Waals surface area contributed by atoms with Crippen LogP contribution in [-0.2, 0) is 9.53 Å². The Bertz CT molecular complexity index is 1330. The van der Waals surface area contributed by atoms with Crippen LogP contribution in [0.25, 0.3) is 11.3 Å². The van der Waals surface area contributed by atoms with Gasteiger partial charge in [-0.05, 0) is 37.1 Å². The number of cyclic esters (lactones) is 1. The van der Waals surface area contributed by atoms with Crippen LogP contribution in [0.2, 0.25) is 5.02 Å². The molecule has 2 aromatic carbocycles. The first-order valence-electron chi connectivity index (χ1n) is 12.4. The second-order valence-electron chi connectivity index (χ2n) is 9.52. The summed E-state index contributed by atoms with van der Waals surface area (Å²) in [4.78, 5) is 35.8. The molecule has 194 valence electrons. The maximum Gasteiger partial charge on any atom is 0.411 e. The summed E-state index contributed by atoms with van der Waals surface area (Å²) in [7, 11) is 1.82. The highest BCUT2D eigenvalue weighted by Crippen LogP contribution is 2.37. The van der Waals surface area contributed by atoms with Gasteiger partial charge in [0, 0.05) is 48.9 Å². The average Bonchev–Trinajstić information content (AvgIpc) is 3.37. The molecule has 5 rings (SSSR count). The van der Waals surface area contributed by atoms with Crippen molar-refractivity contribution >= 4 is 35.0 Å². The summed E-state index contributed by atoms with van der Waals surface area (Å²) < 4.78 is 20.3. The lowest BCUT2D eigenvalue weighted by Gasteiger charge is -2.36. The zero-order valence-corrected chi connectivity index (χ0v) is 21.4. The van der Waals surface area contributed by atoms with E-state index in [9.17, 15) is 14.0 Å². The molecule has 2 aliphatic heterocycles. The van der Waals surface area contributed by atoms with Crippen molar-refractivity contribution in [1.29, 1.82) is 0 Å². The number of benzene rings is 2. The third kappa shape index (κ3) is 5.00. The molecule has 8 nitrogen and oxygen atoms in total. The van der Waals surface area contributed by atoms with Crippen LogP contribution in [-0.4, -0.2) is 40.5 Å². The van der Waals surface area contributed by atoms with Crippen molar-refractivity contribution in [2.45, 2.75) is 44.8 Å². The molecule has 3 aromatic rings. The van der Waals surface area contributed by atoms with Gasteiger partial charge < -0.3 is 20.4 Å². The van der Waals surface area contributed by atoms with Crippen LogP contribution in [0, 0.1) is 11.7 Å². The SMILES string of the molecule is CNc1ccc2c(c1)NC(=O)C(C)CCCC(N1CCC(c3cccc(Cl)c3F)OC1=O)c1nc-2c[nH]1. The highest BCUT2D eigenvalue weighted by molar-refractivity contribution is 6.30. The predicted molar refractivity (Wildman–Crippen MR) is 140 cm³/mol. The van der Waals surface area contributed by atoms with Crippen LogP contribution in [0.3, 0.4) is 0 Å². The molecule has 0 aliphatic carbocycles. The van der Waals surface area contributed by atoms with E-state index in [-0.39, 0.29) is 28.5 Å². The lowest BCUT2D eigenvalue weighted by atomic mass is 9.98. The van der Waals surface area contributed by atoms with Gasteiger partial charge in [0.05, 0.1) is 22.4 Å². The Hall–Kier alpha value is -3.59. The van der Waals surface area contributed by atoms with E-state index in [0.717, 1.165) is 11.3 Å². The Morgan fingerprint density at radius 2 is 2.03 bits per heavy atom. The van der Waals surface area contributed by atoms with Gasteiger partial charge in [0.2, 0.25) is 5.91 Å². The fraction of sp³-hybridized carbons (Fsp3) is 0.370. The lowest BCUT2D eigenvalue weighted by molar-refractivity contribution is -0.119. The number of hydrogen-bond acceptors (Lipinski definition) is 5. The van der Waals surface area contributed by atoms with Crippen molar-refractivity contribution in [3.05, 3.63) is 64.8 Å². The van der Waals surface area contributed by atoms with Crippen molar-refractivity contribution in [3.8, 4) is 11.3 Å². The Labute approximate surface area is 219 Å². The van der Waals surface area contributed by atoms with Crippen LogP contribution in [0.5, 0.6) is 0 Å². The summed E-state index contributed by atoms with van der Waals surface area (Å²) in [6, 6.07) is 10.0. The molecule has 3 atom stereocenters. The number of amides is 2. The number of carbonyl (C=O) groups is 2. The van der Waals surface area contributed by atoms with Crippen molar-refractivity contribution in [1.82, 2.24) is 14.9 Å². The molecule has 2 bridgehead atoms. The van der Waals surface area contributed by atoms with E-state index in [1.807, 2.05) is 32.2 Å². The van der Waals surface area contributed by atoms with Crippen LogP contribution in [0.4, 0.5) is 20.6 Å². The van der Waals surface area contributed by atoms with E-state index in [0.29, 0.717) is 49.4 Å². The summed E-state index contributed by atoms with van der Waals surface area (Å²) >= 11 is 5.94. The maximum atomic E-state index is 14.6. The number of aromatic amines is 1. The molecule has 37 heavy (non-hydrogen) atoms. The van der Waals surface area contributed by atoms with Crippen molar-refractivity contribution in [2.75, 3.05) is 24.2 Å². The number of carbonyl (C=O) groups excluding carboxylic acids is 2. The zero-order chi connectivity index (χ0) is 26.1. The minimum atomic E-state index is -0.710. The average molecular weight is 526 g/mol. The first-order chi connectivity index (χ1) is 17.9. The third-order valence-corrected chi connectivity index (χ3v) is 7.42. The molecule has 1 fully saturated rings. The topological polar surface area (TPSA) is 99.3 Å². The van der Waals surface area contributed by atoms with Crippen molar-refractivity contribution in [3.63, 3.8) is 0 Å². The molecule has 10 heteroatoms. The standard InChI is InChI=1S/C27H29ClFN5O3/c1-15-5-3-8-22(34-12-11-23(37-27(34)36)18-6-4-7-19(28)24(18)29)25-31-14-21(32-25)17-10-9-16(30-2)13-20(17)33-26(15)35/h4,6-7,9-10,13-15,22-23,30H,3,5,8,11-12H2,1-2H3,(H,31,32)(H,33,35).